The normalized spacial score (nSPS) is 16.7. The van der Waals surface area contributed by atoms with Crippen LogP contribution in [0.1, 0.15) is 31.7 Å². The molecular formula is C23H26N2NaO6S4+. The fraction of sp³-hybridized carbons (Fsp3) is 0.348. The Bertz CT molecular complexity index is 1490. The predicted octanol–water partition coefficient (Wildman–Crippen LogP) is 1.09. The first-order valence-corrected chi connectivity index (χ1v) is 15.6. The molecule has 13 heteroatoms. The SMILES string of the molecule is CC(CC[n+]1c(C=C2Sc3ccccc3N2CCC(C)S(=O)(=O)O)sc2ccccc21)S(=O)(=O)[O-].[Na+]. The number of benzene rings is 2. The number of anilines is 1. The van der Waals surface area contributed by atoms with Gasteiger partial charge in [-0.3, -0.25) is 4.55 Å². The Hall–Kier alpha value is -0.960. The monoisotopic (exact) mass is 577 g/mol. The number of nitrogens with zero attached hydrogens (tertiary/aromatic N) is 2. The number of para-hydroxylation sites is 2. The van der Waals surface area contributed by atoms with Crippen molar-refractivity contribution in [1.29, 1.82) is 0 Å². The van der Waals surface area contributed by atoms with Crippen molar-refractivity contribution in [3.8, 4) is 0 Å². The van der Waals surface area contributed by atoms with Crippen LogP contribution in [0.2, 0.25) is 0 Å². The third-order valence-corrected chi connectivity index (χ3v) is 10.7. The smallest absolute Gasteiger partial charge is 0.748 e. The Morgan fingerprint density at radius 2 is 1.69 bits per heavy atom. The molecule has 4 rings (SSSR count). The van der Waals surface area contributed by atoms with Gasteiger partial charge in [0, 0.05) is 23.9 Å². The Morgan fingerprint density at radius 3 is 2.39 bits per heavy atom. The minimum absolute atomic E-state index is 0. The summed E-state index contributed by atoms with van der Waals surface area (Å²) in [6.07, 6.45) is 2.45. The second kappa shape index (κ2) is 11.8. The molecule has 0 bridgehead atoms. The van der Waals surface area contributed by atoms with E-state index in [0.717, 1.165) is 30.8 Å². The summed E-state index contributed by atoms with van der Waals surface area (Å²) in [4.78, 5) is 3.08. The molecule has 0 saturated heterocycles. The molecule has 0 saturated carbocycles. The van der Waals surface area contributed by atoms with Crippen LogP contribution in [0.25, 0.3) is 16.3 Å². The van der Waals surface area contributed by atoms with Crippen LogP contribution in [0.3, 0.4) is 0 Å². The molecular weight excluding hydrogens is 552 g/mol. The third-order valence-electron chi connectivity index (χ3n) is 6.04. The Kier molecular flexibility index (Phi) is 9.73. The molecule has 3 aromatic rings. The summed E-state index contributed by atoms with van der Waals surface area (Å²) in [7, 11) is -8.50. The molecule has 0 spiro atoms. The van der Waals surface area contributed by atoms with Crippen molar-refractivity contribution in [1.82, 2.24) is 0 Å². The van der Waals surface area contributed by atoms with E-state index in [-0.39, 0.29) is 42.4 Å². The molecule has 1 N–H and O–H groups in total. The molecule has 188 valence electrons. The van der Waals surface area contributed by atoms with Crippen LogP contribution in [0.5, 0.6) is 0 Å². The van der Waals surface area contributed by atoms with Gasteiger partial charge in [-0.25, -0.2) is 8.42 Å². The van der Waals surface area contributed by atoms with Gasteiger partial charge in [0.1, 0.15) is 4.70 Å². The zero-order chi connectivity index (χ0) is 25.4. The first-order chi connectivity index (χ1) is 16.4. The molecule has 2 heterocycles. The van der Waals surface area contributed by atoms with Crippen molar-refractivity contribution < 1.29 is 60.1 Å². The van der Waals surface area contributed by atoms with Gasteiger partial charge in [-0.15, -0.1) is 0 Å². The number of aromatic nitrogens is 1. The number of thioether (sulfide) groups is 1. The number of fused-ring (bicyclic) bond motifs is 2. The minimum Gasteiger partial charge on any atom is -0.748 e. The maximum atomic E-state index is 11.5. The molecule has 8 nitrogen and oxygen atoms in total. The minimum atomic E-state index is -4.37. The second-order valence-corrected chi connectivity index (χ2v) is 14.2. The number of hydrogen-bond acceptors (Lipinski definition) is 8. The second-order valence-electron chi connectivity index (χ2n) is 8.47. The van der Waals surface area contributed by atoms with Gasteiger partial charge in [0.05, 0.1) is 37.4 Å². The van der Waals surface area contributed by atoms with Gasteiger partial charge in [0.2, 0.25) is 5.52 Å². The molecule has 0 fully saturated rings. The maximum Gasteiger partial charge on any atom is 1.00 e. The summed E-state index contributed by atoms with van der Waals surface area (Å²) >= 11 is 3.13. The Balaban J connectivity index is 0.00000361. The first kappa shape index (κ1) is 29.6. The standard InChI is InChI=1S/C23H26N2O6S4.Na/c1-16(34(26,27)28)11-13-24-18-7-3-5-9-20(18)32-22(24)15-23-25(14-12-17(2)35(29,30)31)19-8-4-6-10-21(19)33-23;/h3-10,15-17H,11-14H2,1-2H3,(H-,26,27,28,29,30,31);/q;+1. The van der Waals surface area contributed by atoms with Crippen LogP contribution in [-0.2, 0) is 26.8 Å². The first-order valence-electron chi connectivity index (χ1n) is 11.0. The van der Waals surface area contributed by atoms with Crippen molar-refractivity contribution in [2.45, 2.75) is 48.6 Å². The van der Waals surface area contributed by atoms with Gasteiger partial charge < -0.3 is 9.45 Å². The molecule has 1 aliphatic rings. The van der Waals surface area contributed by atoms with E-state index in [4.69, 9.17) is 0 Å². The van der Waals surface area contributed by atoms with E-state index in [1.54, 1.807) is 23.1 Å². The predicted molar refractivity (Wildman–Crippen MR) is 139 cm³/mol. The van der Waals surface area contributed by atoms with Crippen molar-refractivity contribution in [3.05, 3.63) is 58.6 Å². The van der Waals surface area contributed by atoms with Crippen LogP contribution in [0.4, 0.5) is 5.69 Å². The fourth-order valence-corrected chi connectivity index (χ4v) is 6.92. The van der Waals surface area contributed by atoms with E-state index in [2.05, 4.69) is 0 Å². The largest absolute Gasteiger partial charge is 1.00 e. The topological polar surface area (TPSA) is 119 Å². The van der Waals surface area contributed by atoms with Gasteiger partial charge >= 0.3 is 29.6 Å². The van der Waals surface area contributed by atoms with E-state index in [1.165, 1.54) is 13.8 Å². The number of hydrogen-bond donors (Lipinski definition) is 1. The maximum absolute atomic E-state index is 11.5. The zero-order valence-electron chi connectivity index (χ0n) is 20.2. The van der Waals surface area contributed by atoms with Gasteiger partial charge in [-0.05, 0) is 38.5 Å². The summed E-state index contributed by atoms with van der Waals surface area (Å²) in [5, 5.41) is -0.104. The summed E-state index contributed by atoms with van der Waals surface area (Å²) in [5.74, 6) is 0. The Labute approximate surface area is 242 Å². The van der Waals surface area contributed by atoms with Crippen molar-refractivity contribution in [2.24, 2.45) is 0 Å². The average molecular weight is 578 g/mol. The molecule has 2 unspecified atom stereocenters. The van der Waals surface area contributed by atoms with Crippen LogP contribution in [0.15, 0.2) is 58.5 Å². The molecule has 0 aliphatic carbocycles. The van der Waals surface area contributed by atoms with Gasteiger partial charge in [-0.1, -0.05) is 47.4 Å². The molecule has 1 aromatic heterocycles. The molecule has 36 heavy (non-hydrogen) atoms. The van der Waals surface area contributed by atoms with E-state index < -0.39 is 30.7 Å². The fourth-order valence-electron chi connectivity index (χ4n) is 3.80. The average Bonchev–Trinajstić information content (AvgIpc) is 3.31. The molecule has 0 radical (unpaired) electrons. The van der Waals surface area contributed by atoms with E-state index >= 15 is 0 Å². The zero-order valence-corrected chi connectivity index (χ0v) is 25.5. The molecule has 0 amide bonds. The van der Waals surface area contributed by atoms with Crippen molar-refractivity contribution >= 4 is 65.3 Å². The van der Waals surface area contributed by atoms with Crippen LogP contribution >= 0.6 is 23.1 Å². The number of aryl methyl sites for hydroxylation is 1. The number of thiazole rings is 1. The summed E-state index contributed by atoms with van der Waals surface area (Å²) < 4.78 is 69.9. The third kappa shape index (κ3) is 6.72. The Morgan fingerprint density at radius 1 is 1.03 bits per heavy atom. The van der Waals surface area contributed by atoms with Crippen LogP contribution < -0.4 is 39.0 Å². The van der Waals surface area contributed by atoms with Gasteiger partial charge in [0.25, 0.3) is 15.1 Å². The van der Waals surface area contributed by atoms with E-state index in [1.807, 2.05) is 64.1 Å². The van der Waals surface area contributed by atoms with E-state index in [9.17, 15) is 25.9 Å². The van der Waals surface area contributed by atoms with Gasteiger partial charge in [0.15, 0.2) is 6.54 Å². The number of rotatable bonds is 9. The molecule has 2 atom stereocenters. The summed E-state index contributed by atoms with van der Waals surface area (Å²) in [5.41, 5.74) is 1.91. The van der Waals surface area contributed by atoms with E-state index in [0.29, 0.717) is 13.1 Å². The summed E-state index contributed by atoms with van der Waals surface area (Å²) in [6, 6.07) is 15.7. The quantitative estimate of drug-likeness (QED) is 0.228. The van der Waals surface area contributed by atoms with Crippen LogP contribution in [-0.4, -0.2) is 43.0 Å². The van der Waals surface area contributed by atoms with Crippen molar-refractivity contribution in [2.75, 3.05) is 11.4 Å². The van der Waals surface area contributed by atoms with Gasteiger partial charge in [-0.2, -0.15) is 13.0 Å². The molecule has 2 aromatic carbocycles. The van der Waals surface area contributed by atoms with Crippen LogP contribution in [0, 0.1) is 0 Å². The summed E-state index contributed by atoms with van der Waals surface area (Å²) in [6.45, 7) is 3.67. The molecule has 1 aliphatic heterocycles. The van der Waals surface area contributed by atoms with Crippen molar-refractivity contribution in [3.63, 3.8) is 0 Å².